The van der Waals surface area contributed by atoms with Gasteiger partial charge in [0.2, 0.25) is 0 Å². The minimum Gasteiger partial charge on any atom is -0.477 e. The Bertz CT molecular complexity index is 947. The highest BCUT2D eigenvalue weighted by molar-refractivity contribution is 6.30. The summed E-state index contributed by atoms with van der Waals surface area (Å²) in [5.41, 5.74) is 2.78. The highest BCUT2D eigenvalue weighted by Crippen LogP contribution is 2.29. The van der Waals surface area contributed by atoms with Gasteiger partial charge in [-0.2, -0.15) is 0 Å². The third kappa shape index (κ3) is 3.05. The van der Waals surface area contributed by atoms with Gasteiger partial charge in [0.25, 0.3) is 0 Å². The van der Waals surface area contributed by atoms with E-state index >= 15 is 0 Å². The van der Waals surface area contributed by atoms with E-state index in [0.717, 1.165) is 42.8 Å². The first-order chi connectivity index (χ1) is 12.1. The lowest BCUT2D eigenvalue weighted by atomic mass is 10.1. The number of fused-ring (bicyclic) bond motifs is 1. The number of aromatic carboxylic acids is 1. The lowest BCUT2D eigenvalue weighted by Gasteiger charge is -2.16. The number of carboxylic acid groups (broad SMARTS) is 1. The Balaban J connectivity index is 1.80. The average Bonchev–Trinajstić information content (AvgIpc) is 3.23. The van der Waals surface area contributed by atoms with Gasteiger partial charge in [-0.25, -0.2) is 14.3 Å². The Morgan fingerprint density at radius 2 is 2.00 bits per heavy atom. The number of hydrogen-bond acceptors (Lipinski definition) is 4. The summed E-state index contributed by atoms with van der Waals surface area (Å²) in [5, 5.41) is 14.5. The molecule has 0 unspecified atom stereocenters. The van der Waals surface area contributed by atoms with Gasteiger partial charge in [-0.15, -0.1) is 5.10 Å². The molecule has 1 fully saturated rings. The van der Waals surface area contributed by atoms with Gasteiger partial charge < -0.3 is 10.0 Å². The fraction of sp³-hybridized carbons (Fsp3) is 0.278. The molecule has 3 aromatic heterocycles. The van der Waals surface area contributed by atoms with Crippen LogP contribution in [-0.2, 0) is 6.42 Å². The number of anilines is 1. The second kappa shape index (κ2) is 6.37. The molecule has 6 nitrogen and oxygen atoms in total. The van der Waals surface area contributed by atoms with Crippen molar-refractivity contribution in [1.82, 2.24) is 14.6 Å². The second-order valence-electron chi connectivity index (χ2n) is 6.17. The van der Waals surface area contributed by atoms with Crippen molar-refractivity contribution in [2.75, 3.05) is 18.0 Å². The minimum atomic E-state index is -1.02. The summed E-state index contributed by atoms with van der Waals surface area (Å²) in [7, 11) is 0. The molecular formula is C18H17ClN4O2. The topological polar surface area (TPSA) is 70.7 Å². The zero-order valence-corrected chi connectivity index (χ0v) is 14.3. The number of nitrogens with zero attached hydrogens (tertiary/aromatic N) is 4. The molecule has 7 heteroatoms. The molecule has 0 bridgehead atoms. The Kier molecular flexibility index (Phi) is 4.05. The van der Waals surface area contributed by atoms with E-state index < -0.39 is 5.97 Å². The van der Waals surface area contributed by atoms with Crippen LogP contribution in [0, 0.1) is 0 Å². The van der Waals surface area contributed by atoms with Crippen molar-refractivity contribution >= 4 is 28.9 Å². The van der Waals surface area contributed by atoms with E-state index in [1.54, 1.807) is 16.8 Å². The van der Waals surface area contributed by atoms with E-state index in [4.69, 9.17) is 21.8 Å². The van der Waals surface area contributed by atoms with E-state index in [2.05, 4.69) is 9.88 Å². The third-order valence-corrected chi connectivity index (χ3v) is 4.69. The molecule has 0 aromatic carbocycles. The van der Waals surface area contributed by atoms with Gasteiger partial charge in [0.1, 0.15) is 5.69 Å². The van der Waals surface area contributed by atoms with E-state index in [1.165, 1.54) is 6.07 Å². The summed E-state index contributed by atoms with van der Waals surface area (Å²) >= 11 is 6.10. The molecular weight excluding hydrogens is 340 g/mol. The van der Waals surface area contributed by atoms with Crippen molar-refractivity contribution < 1.29 is 9.90 Å². The van der Waals surface area contributed by atoms with Gasteiger partial charge in [0, 0.05) is 37.0 Å². The number of halogens is 1. The first-order valence-corrected chi connectivity index (χ1v) is 8.60. The van der Waals surface area contributed by atoms with Crippen molar-refractivity contribution in [1.29, 1.82) is 0 Å². The quantitative estimate of drug-likeness (QED) is 0.776. The number of carbonyl (C=O) groups is 1. The first kappa shape index (κ1) is 15.9. The summed E-state index contributed by atoms with van der Waals surface area (Å²) in [6.45, 7) is 1.96. The zero-order valence-electron chi connectivity index (χ0n) is 13.5. The van der Waals surface area contributed by atoms with Crippen LogP contribution < -0.4 is 4.90 Å². The Morgan fingerprint density at radius 3 is 2.76 bits per heavy atom. The van der Waals surface area contributed by atoms with Crippen LogP contribution in [0.4, 0.5) is 5.82 Å². The molecule has 0 atom stereocenters. The highest BCUT2D eigenvalue weighted by atomic mass is 35.5. The van der Waals surface area contributed by atoms with Crippen LogP contribution in [0.1, 0.15) is 34.6 Å². The largest absolute Gasteiger partial charge is 0.477 e. The van der Waals surface area contributed by atoms with Crippen LogP contribution in [-0.4, -0.2) is 38.8 Å². The maximum atomic E-state index is 11.2. The predicted octanol–water partition coefficient (Wildman–Crippen LogP) is 3.27. The van der Waals surface area contributed by atoms with Crippen LogP contribution in [0.3, 0.4) is 0 Å². The molecule has 0 aliphatic carbocycles. The van der Waals surface area contributed by atoms with Crippen molar-refractivity contribution in [2.24, 2.45) is 0 Å². The average molecular weight is 357 g/mol. The van der Waals surface area contributed by atoms with Crippen molar-refractivity contribution in [3.8, 4) is 0 Å². The number of carboxylic acids is 1. The molecule has 1 aliphatic rings. The molecule has 1 saturated heterocycles. The Labute approximate surface area is 149 Å². The SMILES string of the molecule is O=C(O)c1cccc(Cc2c(N3CCCC3)nn3cc(Cl)ccc23)n1. The smallest absolute Gasteiger partial charge is 0.354 e. The maximum Gasteiger partial charge on any atom is 0.354 e. The molecule has 1 N–H and O–H groups in total. The van der Waals surface area contributed by atoms with E-state index in [0.29, 0.717) is 17.1 Å². The van der Waals surface area contributed by atoms with E-state index in [-0.39, 0.29) is 5.69 Å². The number of hydrogen-bond donors (Lipinski definition) is 1. The molecule has 4 rings (SSSR count). The summed E-state index contributed by atoms with van der Waals surface area (Å²) < 4.78 is 1.80. The molecule has 25 heavy (non-hydrogen) atoms. The fourth-order valence-corrected chi connectivity index (χ4v) is 3.45. The first-order valence-electron chi connectivity index (χ1n) is 8.23. The van der Waals surface area contributed by atoms with Gasteiger partial charge >= 0.3 is 5.97 Å². The molecule has 4 heterocycles. The summed E-state index contributed by atoms with van der Waals surface area (Å²) in [6, 6.07) is 8.87. The van der Waals surface area contributed by atoms with Crippen molar-refractivity contribution in [2.45, 2.75) is 19.3 Å². The molecule has 0 amide bonds. The molecule has 3 aromatic rings. The van der Waals surface area contributed by atoms with Crippen molar-refractivity contribution in [3.63, 3.8) is 0 Å². The lowest BCUT2D eigenvalue weighted by Crippen LogP contribution is -2.19. The van der Waals surface area contributed by atoms with Crippen LogP contribution in [0.25, 0.3) is 5.52 Å². The van der Waals surface area contributed by atoms with Crippen LogP contribution >= 0.6 is 11.6 Å². The summed E-state index contributed by atoms with van der Waals surface area (Å²) in [5.74, 6) is -0.0874. The molecule has 128 valence electrons. The standard InChI is InChI=1S/C18H17ClN4O2/c19-12-6-7-16-14(10-13-4-3-5-15(20-13)18(24)25)17(21-23(16)11-12)22-8-1-2-9-22/h3-7,11H,1-2,8-10H2,(H,24,25). The molecule has 0 saturated carbocycles. The Morgan fingerprint density at radius 1 is 1.20 bits per heavy atom. The van der Waals surface area contributed by atoms with Gasteiger partial charge in [-0.1, -0.05) is 17.7 Å². The second-order valence-corrected chi connectivity index (χ2v) is 6.61. The van der Waals surface area contributed by atoms with Crippen LogP contribution in [0.2, 0.25) is 5.02 Å². The third-order valence-electron chi connectivity index (χ3n) is 4.46. The van der Waals surface area contributed by atoms with Gasteiger partial charge in [-0.3, -0.25) is 0 Å². The maximum absolute atomic E-state index is 11.2. The zero-order chi connectivity index (χ0) is 17.4. The Hall–Kier alpha value is -2.60. The normalized spacial score (nSPS) is 14.4. The lowest BCUT2D eigenvalue weighted by molar-refractivity contribution is 0.0690. The van der Waals surface area contributed by atoms with Crippen molar-refractivity contribution in [3.05, 3.63) is 58.5 Å². The van der Waals surface area contributed by atoms with Crippen LogP contribution in [0.5, 0.6) is 0 Å². The van der Waals surface area contributed by atoms with Gasteiger partial charge in [0.15, 0.2) is 5.82 Å². The highest BCUT2D eigenvalue weighted by Gasteiger charge is 2.22. The molecule has 1 aliphatic heterocycles. The van der Waals surface area contributed by atoms with E-state index in [9.17, 15) is 4.79 Å². The predicted molar refractivity (Wildman–Crippen MR) is 95.7 cm³/mol. The monoisotopic (exact) mass is 356 g/mol. The molecule has 0 spiro atoms. The fourth-order valence-electron chi connectivity index (χ4n) is 3.29. The van der Waals surface area contributed by atoms with E-state index in [1.807, 2.05) is 18.2 Å². The number of rotatable bonds is 4. The summed E-state index contributed by atoms with van der Waals surface area (Å²) in [6.07, 6.45) is 4.63. The molecule has 0 radical (unpaired) electrons. The number of aromatic nitrogens is 3. The van der Waals surface area contributed by atoms with Gasteiger partial charge in [0.05, 0.1) is 10.5 Å². The minimum absolute atomic E-state index is 0.0553. The van der Waals surface area contributed by atoms with Gasteiger partial charge in [-0.05, 0) is 37.1 Å². The van der Waals surface area contributed by atoms with Crippen LogP contribution in [0.15, 0.2) is 36.5 Å². The summed E-state index contributed by atoms with van der Waals surface area (Å²) in [4.78, 5) is 17.7. The number of pyridine rings is 2.